The number of nitrogens with one attached hydrogen (secondary N) is 2. The van der Waals surface area contributed by atoms with Gasteiger partial charge in [0.1, 0.15) is 0 Å². The molecule has 1 heterocycles. The number of rotatable bonds is 3. The summed E-state index contributed by atoms with van der Waals surface area (Å²) < 4.78 is 0.927. The number of benzene rings is 1. The molecular weight excluding hydrogens is 206 g/mol. The van der Waals surface area contributed by atoms with E-state index < -0.39 is 0 Å². The van der Waals surface area contributed by atoms with Crippen molar-refractivity contribution in [1.82, 2.24) is 4.73 Å². The van der Waals surface area contributed by atoms with Crippen LogP contribution in [-0.2, 0) is 0 Å². The van der Waals surface area contributed by atoms with E-state index in [0.717, 1.165) is 16.0 Å². The lowest BCUT2D eigenvalue weighted by Gasteiger charge is -2.13. The van der Waals surface area contributed by atoms with Gasteiger partial charge >= 0.3 is 0 Å². The number of fused-ring (bicyclic) bond motifs is 1. The molecule has 5 nitrogen and oxygen atoms in total. The van der Waals surface area contributed by atoms with Crippen LogP contribution in [0.3, 0.4) is 0 Å². The highest BCUT2D eigenvalue weighted by Crippen LogP contribution is 2.25. The molecule has 5 heteroatoms. The fourth-order valence-electron chi connectivity index (χ4n) is 1.63. The number of hydrogen-bond donors (Lipinski definition) is 4. The zero-order valence-corrected chi connectivity index (χ0v) is 8.64. The maximum Gasteiger partial charge on any atom is 0.0635 e. The first-order valence-corrected chi connectivity index (χ1v) is 4.96. The zero-order valence-electron chi connectivity index (χ0n) is 8.64. The highest BCUT2D eigenvalue weighted by Gasteiger charge is 2.09. The molecule has 2 rings (SSSR count). The Labute approximate surface area is 92.4 Å². The van der Waals surface area contributed by atoms with Crippen LogP contribution in [0.2, 0.25) is 0 Å². The lowest BCUT2D eigenvalue weighted by atomic mass is 10.0. The van der Waals surface area contributed by atoms with Crippen molar-refractivity contribution in [3.63, 3.8) is 0 Å². The standard InChI is InChI=1S/C11H13N3O2/c12-10-1-2-11(13-4-6-15)8-3-5-14(16)7-9(8)10/h1-3,5,7,12-13,15-16H,4,6H2. The van der Waals surface area contributed by atoms with Crippen molar-refractivity contribution in [2.24, 2.45) is 0 Å². The van der Waals surface area contributed by atoms with Gasteiger partial charge in [-0.15, -0.1) is 0 Å². The molecule has 0 aromatic rings. The van der Waals surface area contributed by atoms with E-state index in [2.05, 4.69) is 5.32 Å². The summed E-state index contributed by atoms with van der Waals surface area (Å²) in [7, 11) is 0. The van der Waals surface area contributed by atoms with Gasteiger partial charge < -0.3 is 21.0 Å². The van der Waals surface area contributed by atoms with Crippen LogP contribution in [0.15, 0.2) is 30.6 Å². The maximum absolute atomic E-state index is 9.29. The Morgan fingerprint density at radius 3 is 2.81 bits per heavy atom. The third kappa shape index (κ3) is 1.85. The molecule has 0 bridgehead atoms. The van der Waals surface area contributed by atoms with Gasteiger partial charge in [0.15, 0.2) is 0 Å². The molecule has 0 saturated carbocycles. The first kappa shape index (κ1) is 10.5. The smallest absolute Gasteiger partial charge is 0.0635 e. The number of hydrogen-bond acceptors (Lipinski definition) is 4. The molecule has 0 unspecified atom stereocenters. The molecule has 0 amide bonds. The molecule has 0 spiro atoms. The lowest BCUT2D eigenvalue weighted by molar-refractivity contribution is 0.184. The van der Waals surface area contributed by atoms with E-state index in [9.17, 15) is 5.21 Å². The number of aromatic nitrogens is 1. The van der Waals surface area contributed by atoms with Crippen molar-refractivity contribution in [2.45, 2.75) is 0 Å². The first-order chi connectivity index (χ1) is 7.72. The van der Waals surface area contributed by atoms with Gasteiger partial charge in [0, 0.05) is 29.6 Å². The van der Waals surface area contributed by atoms with E-state index >= 15 is 0 Å². The largest absolute Gasteiger partial charge is 0.429 e. The highest BCUT2D eigenvalue weighted by atomic mass is 16.5. The number of pyridine rings is 1. The molecule has 0 radical (unpaired) electrons. The van der Waals surface area contributed by atoms with Crippen LogP contribution in [0.5, 0.6) is 0 Å². The fourth-order valence-corrected chi connectivity index (χ4v) is 1.63. The Morgan fingerprint density at radius 2 is 2.06 bits per heavy atom. The Morgan fingerprint density at radius 1 is 1.25 bits per heavy atom. The van der Waals surface area contributed by atoms with E-state index in [-0.39, 0.29) is 6.61 Å². The van der Waals surface area contributed by atoms with Crippen LogP contribution in [0, 0.1) is 5.41 Å². The van der Waals surface area contributed by atoms with E-state index in [4.69, 9.17) is 10.5 Å². The minimum absolute atomic E-state index is 0.0525. The van der Waals surface area contributed by atoms with Gasteiger partial charge in [0.2, 0.25) is 0 Å². The SMILES string of the molecule is N=c1ccc(NCCO)c2ccn(O)cc1-2. The monoisotopic (exact) mass is 219 g/mol. The fraction of sp³-hybridized carbons (Fsp3) is 0.182. The van der Waals surface area contributed by atoms with E-state index in [1.807, 2.05) is 0 Å². The summed E-state index contributed by atoms with van der Waals surface area (Å²) in [4.78, 5) is 0. The average molecular weight is 219 g/mol. The van der Waals surface area contributed by atoms with Gasteiger partial charge in [-0.05, 0) is 18.2 Å². The zero-order chi connectivity index (χ0) is 11.5. The molecule has 0 aromatic heterocycles. The van der Waals surface area contributed by atoms with Crippen molar-refractivity contribution in [3.8, 4) is 11.1 Å². The summed E-state index contributed by atoms with van der Waals surface area (Å²) in [5.74, 6) is 0. The molecule has 1 aliphatic carbocycles. The molecule has 84 valence electrons. The van der Waals surface area contributed by atoms with Crippen LogP contribution in [0.4, 0.5) is 5.69 Å². The minimum atomic E-state index is 0.0525. The van der Waals surface area contributed by atoms with Crippen molar-refractivity contribution in [3.05, 3.63) is 36.0 Å². The second-order valence-electron chi connectivity index (χ2n) is 3.46. The van der Waals surface area contributed by atoms with Gasteiger partial charge in [-0.25, -0.2) is 4.73 Å². The van der Waals surface area contributed by atoms with E-state index in [1.54, 1.807) is 18.2 Å². The second kappa shape index (κ2) is 4.24. The number of aliphatic hydroxyl groups excluding tert-OH is 1. The summed E-state index contributed by atoms with van der Waals surface area (Å²) in [5, 5.41) is 29.2. The Hall–Kier alpha value is -2.01. The predicted octanol–water partition coefficient (Wildman–Crippen LogP) is 0.714. The van der Waals surface area contributed by atoms with Crippen molar-refractivity contribution in [2.75, 3.05) is 18.5 Å². The minimum Gasteiger partial charge on any atom is -0.429 e. The Balaban J connectivity index is 2.53. The summed E-state index contributed by atoms with van der Waals surface area (Å²) in [6.45, 7) is 0.511. The predicted molar refractivity (Wildman–Crippen MR) is 59.7 cm³/mol. The average Bonchev–Trinajstić information content (AvgIpc) is 2.29. The van der Waals surface area contributed by atoms with Gasteiger partial charge in [-0.3, -0.25) is 0 Å². The maximum atomic E-state index is 9.29. The lowest BCUT2D eigenvalue weighted by Crippen LogP contribution is -2.12. The third-order valence-corrected chi connectivity index (χ3v) is 2.37. The Bertz CT molecular complexity index is 521. The molecule has 16 heavy (non-hydrogen) atoms. The van der Waals surface area contributed by atoms with Gasteiger partial charge in [-0.2, -0.15) is 0 Å². The number of aliphatic hydroxyl groups is 1. The quantitative estimate of drug-likeness (QED) is 0.574. The normalized spacial score (nSPS) is 10.6. The van der Waals surface area contributed by atoms with Crippen LogP contribution < -0.4 is 10.7 Å². The summed E-state index contributed by atoms with van der Waals surface area (Å²) >= 11 is 0. The molecule has 0 fully saturated rings. The molecule has 4 N–H and O–H groups in total. The summed E-state index contributed by atoms with van der Waals surface area (Å²) in [6.07, 6.45) is 2.99. The van der Waals surface area contributed by atoms with Crippen LogP contribution in [0.1, 0.15) is 0 Å². The molecule has 0 atom stereocenters. The molecule has 0 aromatic carbocycles. The molecule has 2 aliphatic rings. The van der Waals surface area contributed by atoms with Crippen molar-refractivity contribution >= 4 is 5.69 Å². The molecule has 1 aliphatic heterocycles. The van der Waals surface area contributed by atoms with Gasteiger partial charge in [0.05, 0.1) is 18.2 Å². The third-order valence-electron chi connectivity index (χ3n) is 2.37. The van der Waals surface area contributed by atoms with Gasteiger partial charge in [-0.1, -0.05) is 0 Å². The number of nitrogens with zero attached hydrogens (tertiary/aromatic N) is 1. The van der Waals surface area contributed by atoms with Crippen LogP contribution >= 0.6 is 0 Å². The number of anilines is 1. The first-order valence-electron chi connectivity index (χ1n) is 4.96. The summed E-state index contributed by atoms with van der Waals surface area (Å²) in [6, 6.07) is 5.18. The van der Waals surface area contributed by atoms with Crippen LogP contribution in [-0.4, -0.2) is 28.2 Å². The molecular formula is C11H13N3O2. The highest BCUT2D eigenvalue weighted by molar-refractivity contribution is 5.78. The topological polar surface area (TPSA) is 81.3 Å². The van der Waals surface area contributed by atoms with E-state index in [1.165, 1.54) is 12.4 Å². The summed E-state index contributed by atoms with van der Waals surface area (Å²) in [5.41, 5.74) is 2.36. The van der Waals surface area contributed by atoms with Gasteiger partial charge in [0.25, 0.3) is 0 Å². The second-order valence-corrected chi connectivity index (χ2v) is 3.46. The Kier molecular flexibility index (Phi) is 2.78. The molecule has 0 saturated heterocycles. The van der Waals surface area contributed by atoms with Crippen LogP contribution in [0.25, 0.3) is 11.1 Å². The van der Waals surface area contributed by atoms with Crippen molar-refractivity contribution in [1.29, 1.82) is 5.41 Å². The van der Waals surface area contributed by atoms with E-state index in [0.29, 0.717) is 17.5 Å². The van der Waals surface area contributed by atoms with Crippen molar-refractivity contribution < 1.29 is 10.3 Å².